The molecule has 2 rings (SSSR count). The second kappa shape index (κ2) is 4.87. The van der Waals surface area contributed by atoms with E-state index < -0.39 is 0 Å². The van der Waals surface area contributed by atoms with Crippen molar-refractivity contribution in [3.8, 4) is 0 Å². The lowest BCUT2D eigenvalue weighted by Crippen LogP contribution is -2.28. The van der Waals surface area contributed by atoms with Gasteiger partial charge in [0.25, 0.3) is 0 Å². The standard InChI is InChI=1S/C10H16N2OS/c1-8(10-6-11-7-14-10)12-5-9-3-2-4-13-9/h6-9,12H,2-5H2,1H3. The maximum atomic E-state index is 5.55. The average molecular weight is 212 g/mol. The number of hydrogen-bond donors (Lipinski definition) is 1. The fourth-order valence-electron chi connectivity index (χ4n) is 1.65. The van der Waals surface area contributed by atoms with Gasteiger partial charge in [-0.25, -0.2) is 0 Å². The molecule has 2 atom stereocenters. The van der Waals surface area contributed by atoms with Crippen LogP contribution in [0.15, 0.2) is 11.7 Å². The van der Waals surface area contributed by atoms with Crippen molar-refractivity contribution >= 4 is 11.3 Å². The first-order valence-corrected chi connectivity index (χ1v) is 5.97. The molecule has 1 aliphatic heterocycles. The van der Waals surface area contributed by atoms with Gasteiger partial charge in [-0.1, -0.05) is 0 Å². The van der Waals surface area contributed by atoms with Gasteiger partial charge in [0.15, 0.2) is 0 Å². The van der Waals surface area contributed by atoms with E-state index in [2.05, 4.69) is 17.2 Å². The lowest BCUT2D eigenvalue weighted by Gasteiger charge is -2.15. The molecular weight excluding hydrogens is 196 g/mol. The molecule has 1 aromatic rings. The third-order valence-corrected chi connectivity index (χ3v) is 3.51. The fourth-order valence-corrected chi connectivity index (χ4v) is 2.31. The first kappa shape index (κ1) is 10.1. The summed E-state index contributed by atoms with van der Waals surface area (Å²) in [6.45, 7) is 4.06. The zero-order valence-corrected chi connectivity index (χ0v) is 9.22. The van der Waals surface area contributed by atoms with E-state index in [9.17, 15) is 0 Å². The predicted octanol–water partition coefficient (Wildman–Crippen LogP) is 1.97. The minimum atomic E-state index is 0.395. The summed E-state index contributed by atoms with van der Waals surface area (Å²) in [6.07, 6.45) is 4.76. The summed E-state index contributed by atoms with van der Waals surface area (Å²) >= 11 is 1.70. The van der Waals surface area contributed by atoms with Gasteiger partial charge in [-0.05, 0) is 19.8 Å². The van der Waals surface area contributed by atoms with Gasteiger partial charge < -0.3 is 10.1 Å². The van der Waals surface area contributed by atoms with E-state index >= 15 is 0 Å². The number of ether oxygens (including phenoxy) is 1. The third kappa shape index (κ3) is 2.53. The zero-order valence-electron chi connectivity index (χ0n) is 8.40. The molecule has 0 spiro atoms. The molecule has 2 heterocycles. The molecule has 0 amide bonds. The number of nitrogens with one attached hydrogen (secondary N) is 1. The van der Waals surface area contributed by atoms with E-state index in [4.69, 9.17) is 4.74 Å². The Morgan fingerprint density at radius 1 is 1.79 bits per heavy atom. The molecule has 1 aliphatic rings. The molecule has 3 nitrogen and oxygen atoms in total. The van der Waals surface area contributed by atoms with E-state index in [0.717, 1.165) is 13.2 Å². The molecule has 0 bridgehead atoms. The Kier molecular flexibility index (Phi) is 3.50. The van der Waals surface area contributed by atoms with Crippen LogP contribution in [0.25, 0.3) is 0 Å². The lowest BCUT2D eigenvalue weighted by molar-refractivity contribution is 0.108. The van der Waals surface area contributed by atoms with Crippen LogP contribution in [0.4, 0.5) is 0 Å². The van der Waals surface area contributed by atoms with Crippen molar-refractivity contribution in [2.24, 2.45) is 0 Å². The number of nitrogens with zero attached hydrogens (tertiary/aromatic N) is 1. The van der Waals surface area contributed by atoms with Crippen LogP contribution >= 0.6 is 11.3 Å². The van der Waals surface area contributed by atoms with Crippen molar-refractivity contribution < 1.29 is 4.74 Å². The molecular formula is C10H16N2OS. The van der Waals surface area contributed by atoms with Crippen molar-refractivity contribution in [1.29, 1.82) is 0 Å². The summed E-state index contributed by atoms with van der Waals surface area (Å²) in [7, 11) is 0. The molecule has 14 heavy (non-hydrogen) atoms. The quantitative estimate of drug-likeness (QED) is 0.828. The second-order valence-electron chi connectivity index (χ2n) is 3.67. The van der Waals surface area contributed by atoms with Crippen LogP contribution in [0.5, 0.6) is 0 Å². The minimum Gasteiger partial charge on any atom is -0.377 e. The van der Waals surface area contributed by atoms with Crippen LogP contribution in [0.2, 0.25) is 0 Å². The minimum absolute atomic E-state index is 0.395. The summed E-state index contributed by atoms with van der Waals surface area (Å²) in [5.74, 6) is 0. The Morgan fingerprint density at radius 3 is 3.36 bits per heavy atom. The van der Waals surface area contributed by atoms with E-state index in [1.165, 1.54) is 17.7 Å². The zero-order chi connectivity index (χ0) is 9.80. The third-order valence-electron chi connectivity index (χ3n) is 2.55. The summed E-state index contributed by atoms with van der Waals surface area (Å²) < 4.78 is 5.55. The van der Waals surface area contributed by atoms with Gasteiger partial charge in [0, 0.05) is 30.3 Å². The highest BCUT2D eigenvalue weighted by Gasteiger charge is 2.16. The predicted molar refractivity (Wildman–Crippen MR) is 57.5 cm³/mol. The number of rotatable bonds is 4. The van der Waals surface area contributed by atoms with E-state index in [1.807, 2.05) is 11.7 Å². The normalized spacial score (nSPS) is 23.9. The number of aromatic nitrogens is 1. The largest absolute Gasteiger partial charge is 0.377 e. The van der Waals surface area contributed by atoms with Gasteiger partial charge in [0.1, 0.15) is 0 Å². The maximum absolute atomic E-state index is 5.55. The van der Waals surface area contributed by atoms with Gasteiger partial charge in [0.2, 0.25) is 0 Å². The highest BCUT2D eigenvalue weighted by Crippen LogP contribution is 2.17. The Morgan fingerprint density at radius 2 is 2.71 bits per heavy atom. The average Bonchev–Trinajstić information content (AvgIpc) is 2.87. The molecule has 0 radical (unpaired) electrons. The number of hydrogen-bond acceptors (Lipinski definition) is 4. The summed E-state index contributed by atoms with van der Waals surface area (Å²) in [5.41, 5.74) is 1.87. The lowest BCUT2D eigenvalue weighted by atomic mass is 10.2. The molecule has 1 N–H and O–H groups in total. The van der Waals surface area contributed by atoms with Crippen molar-refractivity contribution in [3.05, 3.63) is 16.6 Å². The Bertz CT molecular complexity index is 257. The first-order valence-electron chi connectivity index (χ1n) is 5.09. The second-order valence-corrected chi connectivity index (χ2v) is 4.59. The Balaban J connectivity index is 1.74. The first-order chi connectivity index (χ1) is 6.86. The molecule has 0 aromatic carbocycles. The molecule has 1 aromatic heterocycles. The fraction of sp³-hybridized carbons (Fsp3) is 0.700. The molecule has 78 valence electrons. The molecule has 1 saturated heterocycles. The van der Waals surface area contributed by atoms with Crippen LogP contribution in [0.3, 0.4) is 0 Å². The van der Waals surface area contributed by atoms with E-state index in [1.54, 1.807) is 11.3 Å². The smallest absolute Gasteiger partial charge is 0.0794 e. The molecule has 0 saturated carbocycles. The summed E-state index contributed by atoms with van der Waals surface area (Å²) in [4.78, 5) is 5.36. The maximum Gasteiger partial charge on any atom is 0.0794 e. The van der Waals surface area contributed by atoms with Crippen LogP contribution in [-0.4, -0.2) is 24.2 Å². The van der Waals surface area contributed by atoms with E-state index in [0.29, 0.717) is 12.1 Å². The molecule has 1 fully saturated rings. The summed E-state index contributed by atoms with van der Waals surface area (Å²) in [5, 5.41) is 3.47. The molecule has 2 unspecified atom stereocenters. The number of thiazole rings is 1. The van der Waals surface area contributed by atoms with E-state index in [-0.39, 0.29) is 0 Å². The topological polar surface area (TPSA) is 34.1 Å². The van der Waals surface area contributed by atoms with Crippen molar-refractivity contribution in [1.82, 2.24) is 10.3 Å². The SMILES string of the molecule is CC(NCC1CCCO1)c1cncs1. The Labute approximate surface area is 88.5 Å². The summed E-state index contributed by atoms with van der Waals surface area (Å²) in [6, 6.07) is 0.395. The van der Waals surface area contributed by atoms with Gasteiger partial charge in [0.05, 0.1) is 11.6 Å². The Hall–Kier alpha value is -0.450. The van der Waals surface area contributed by atoms with Crippen molar-refractivity contribution in [2.75, 3.05) is 13.2 Å². The van der Waals surface area contributed by atoms with Crippen LogP contribution in [-0.2, 0) is 4.74 Å². The monoisotopic (exact) mass is 212 g/mol. The highest BCUT2D eigenvalue weighted by atomic mass is 32.1. The van der Waals surface area contributed by atoms with Gasteiger partial charge >= 0.3 is 0 Å². The van der Waals surface area contributed by atoms with Gasteiger partial charge in [-0.3, -0.25) is 4.98 Å². The highest BCUT2D eigenvalue weighted by molar-refractivity contribution is 7.09. The van der Waals surface area contributed by atoms with Crippen LogP contribution in [0.1, 0.15) is 30.7 Å². The molecule has 0 aliphatic carbocycles. The van der Waals surface area contributed by atoms with Gasteiger partial charge in [-0.2, -0.15) is 0 Å². The van der Waals surface area contributed by atoms with Crippen LogP contribution in [0, 0.1) is 0 Å². The van der Waals surface area contributed by atoms with Crippen molar-refractivity contribution in [2.45, 2.75) is 31.9 Å². The van der Waals surface area contributed by atoms with Crippen molar-refractivity contribution in [3.63, 3.8) is 0 Å². The van der Waals surface area contributed by atoms with Gasteiger partial charge in [-0.15, -0.1) is 11.3 Å². The van der Waals surface area contributed by atoms with Crippen LogP contribution < -0.4 is 5.32 Å². The molecule has 4 heteroatoms.